The molecular formula is C18H26N4O5. The Kier molecular flexibility index (Phi) is 6.59. The monoisotopic (exact) mass is 378 g/mol. The van der Waals surface area contributed by atoms with Crippen LogP contribution < -0.4 is 10.9 Å². The predicted molar refractivity (Wildman–Crippen MR) is 100 cm³/mol. The first-order chi connectivity index (χ1) is 12.7. The number of carbonyl (C=O) groups excluding carboxylic acids is 2. The van der Waals surface area contributed by atoms with E-state index in [4.69, 9.17) is 4.74 Å². The van der Waals surface area contributed by atoms with Crippen LogP contribution in [0.5, 0.6) is 0 Å². The van der Waals surface area contributed by atoms with Crippen LogP contribution in [0.1, 0.15) is 40.0 Å². The number of carbonyl (C=O) groups is 2. The largest absolute Gasteiger partial charge is 0.444 e. The molecule has 2 rings (SSSR count). The van der Waals surface area contributed by atoms with E-state index in [-0.39, 0.29) is 35.7 Å². The van der Waals surface area contributed by atoms with Crippen molar-refractivity contribution in [3.05, 3.63) is 34.4 Å². The summed E-state index contributed by atoms with van der Waals surface area (Å²) in [7, 11) is 0. The average Bonchev–Trinajstić information content (AvgIpc) is 2.59. The Morgan fingerprint density at radius 2 is 1.89 bits per heavy atom. The molecule has 1 saturated heterocycles. The van der Waals surface area contributed by atoms with E-state index in [1.54, 1.807) is 17.0 Å². The molecule has 0 spiro atoms. The quantitative estimate of drug-likeness (QED) is 0.601. The second kappa shape index (κ2) is 8.70. The van der Waals surface area contributed by atoms with Gasteiger partial charge in [-0.3, -0.25) is 25.8 Å². The maximum atomic E-state index is 12.1. The zero-order valence-electron chi connectivity index (χ0n) is 15.9. The first-order valence-electron chi connectivity index (χ1n) is 8.92. The summed E-state index contributed by atoms with van der Waals surface area (Å²) in [5.41, 5.74) is 4.71. The molecule has 27 heavy (non-hydrogen) atoms. The van der Waals surface area contributed by atoms with Crippen molar-refractivity contribution >= 4 is 23.4 Å². The Morgan fingerprint density at radius 1 is 1.26 bits per heavy atom. The minimum Gasteiger partial charge on any atom is -0.444 e. The number of anilines is 1. The van der Waals surface area contributed by atoms with E-state index in [0.717, 1.165) is 0 Å². The molecule has 0 bridgehead atoms. The van der Waals surface area contributed by atoms with Gasteiger partial charge in [-0.25, -0.2) is 4.79 Å². The molecule has 1 aliphatic heterocycles. The van der Waals surface area contributed by atoms with E-state index in [2.05, 4.69) is 10.9 Å². The molecule has 0 aliphatic carbocycles. The summed E-state index contributed by atoms with van der Waals surface area (Å²) in [5.74, 6) is -0.0971. The van der Waals surface area contributed by atoms with Crippen LogP contribution in [-0.2, 0) is 9.53 Å². The average molecular weight is 378 g/mol. The van der Waals surface area contributed by atoms with Gasteiger partial charge < -0.3 is 9.64 Å². The van der Waals surface area contributed by atoms with E-state index in [0.29, 0.717) is 25.9 Å². The van der Waals surface area contributed by atoms with Crippen LogP contribution >= 0.6 is 0 Å². The number of piperidine rings is 1. The molecule has 148 valence electrons. The Bertz CT molecular complexity index is 693. The first-order valence-corrected chi connectivity index (χ1v) is 8.92. The molecule has 0 unspecified atom stereocenters. The minimum absolute atomic E-state index is 0.108. The smallest absolute Gasteiger partial charge is 0.410 e. The fraction of sp³-hybridized carbons (Fsp3) is 0.556. The number of ether oxygens (including phenoxy) is 1. The number of hydrazine groups is 1. The molecule has 2 N–H and O–H groups in total. The van der Waals surface area contributed by atoms with Crippen molar-refractivity contribution in [2.75, 3.05) is 18.5 Å². The number of para-hydroxylation sites is 2. The molecule has 0 atom stereocenters. The topological polar surface area (TPSA) is 114 Å². The first kappa shape index (κ1) is 20.5. The van der Waals surface area contributed by atoms with Gasteiger partial charge in [-0.1, -0.05) is 12.1 Å². The van der Waals surface area contributed by atoms with Crippen molar-refractivity contribution in [3.8, 4) is 0 Å². The van der Waals surface area contributed by atoms with Crippen molar-refractivity contribution in [2.45, 2.75) is 45.6 Å². The van der Waals surface area contributed by atoms with E-state index in [9.17, 15) is 19.7 Å². The summed E-state index contributed by atoms with van der Waals surface area (Å²) in [6.07, 6.45) is 1.37. The van der Waals surface area contributed by atoms with Gasteiger partial charge in [-0.2, -0.15) is 0 Å². The number of nitro groups is 1. The van der Waals surface area contributed by atoms with Gasteiger partial charge in [0, 0.05) is 25.6 Å². The van der Waals surface area contributed by atoms with Crippen molar-refractivity contribution < 1.29 is 19.2 Å². The van der Waals surface area contributed by atoms with E-state index < -0.39 is 10.5 Å². The van der Waals surface area contributed by atoms with Crippen molar-refractivity contribution in [1.29, 1.82) is 0 Å². The van der Waals surface area contributed by atoms with Crippen molar-refractivity contribution in [2.24, 2.45) is 5.92 Å². The normalized spacial score (nSPS) is 15.1. The highest BCUT2D eigenvalue weighted by Crippen LogP contribution is 2.24. The second-order valence-electron chi connectivity index (χ2n) is 7.56. The predicted octanol–water partition coefficient (Wildman–Crippen LogP) is 3.08. The van der Waals surface area contributed by atoms with Crippen molar-refractivity contribution in [3.63, 3.8) is 0 Å². The van der Waals surface area contributed by atoms with Crippen LogP contribution in [0.25, 0.3) is 0 Å². The zero-order chi connectivity index (χ0) is 20.0. The van der Waals surface area contributed by atoms with Gasteiger partial charge in [0.05, 0.1) is 4.92 Å². The molecule has 9 nitrogen and oxygen atoms in total. The summed E-state index contributed by atoms with van der Waals surface area (Å²) < 4.78 is 5.35. The fourth-order valence-electron chi connectivity index (χ4n) is 2.83. The molecule has 1 aromatic rings. The van der Waals surface area contributed by atoms with Gasteiger partial charge in [0.1, 0.15) is 11.3 Å². The number of likely N-dealkylation sites (tertiary alicyclic amines) is 1. The molecule has 0 saturated carbocycles. The number of rotatable bonds is 5. The molecule has 0 radical (unpaired) electrons. The SMILES string of the molecule is CC(C)(C)OC(=O)N1CCC(CC(=O)NNc2ccccc2[N+](=O)[O-])CC1. The third-order valence-corrected chi connectivity index (χ3v) is 4.18. The highest BCUT2D eigenvalue weighted by molar-refractivity contribution is 5.78. The number of nitro benzene ring substituents is 1. The summed E-state index contributed by atoms with van der Waals surface area (Å²) in [4.78, 5) is 36.3. The Morgan fingerprint density at radius 3 is 2.48 bits per heavy atom. The van der Waals surface area contributed by atoms with Crippen LogP contribution in [0.15, 0.2) is 24.3 Å². The van der Waals surface area contributed by atoms with Gasteiger partial charge in [-0.05, 0) is 45.6 Å². The number of benzene rings is 1. The maximum absolute atomic E-state index is 12.1. The standard InChI is InChI=1S/C18H26N4O5/c1-18(2,3)27-17(24)21-10-8-13(9-11-21)12-16(23)20-19-14-6-4-5-7-15(14)22(25)26/h4-7,13,19H,8-12H2,1-3H3,(H,20,23). The van der Waals surface area contributed by atoms with Crippen LogP contribution in [0.4, 0.5) is 16.2 Å². The number of hydrogen-bond acceptors (Lipinski definition) is 6. The van der Waals surface area contributed by atoms with E-state index in [1.807, 2.05) is 20.8 Å². The van der Waals surface area contributed by atoms with Crippen LogP contribution in [-0.4, -0.2) is 40.5 Å². The number of amides is 2. The van der Waals surface area contributed by atoms with Gasteiger partial charge in [0.15, 0.2) is 0 Å². The van der Waals surface area contributed by atoms with Crippen molar-refractivity contribution in [1.82, 2.24) is 10.3 Å². The third-order valence-electron chi connectivity index (χ3n) is 4.18. The maximum Gasteiger partial charge on any atom is 0.410 e. The highest BCUT2D eigenvalue weighted by Gasteiger charge is 2.27. The lowest BCUT2D eigenvalue weighted by molar-refractivity contribution is -0.384. The summed E-state index contributed by atoms with van der Waals surface area (Å²) in [6, 6.07) is 6.09. The number of hydrogen-bond donors (Lipinski definition) is 2. The van der Waals surface area contributed by atoms with Gasteiger partial charge >= 0.3 is 6.09 Å². The third kappa shape index (κ3) is 6.43. The zero-order valence-corrected chi connectivity index (χ0v) is 15.9. The Hall–Kier alpha value is -2.84. The van der Waals surface area contributed by atoms with E-state index >= 15 is 0 Å². The lowest BCUT2D eigenvalue weighted by Crippen LogP contribution is -2.42. The molecule has 1 aliphatic rings. The summed E-state index contributed by atoms with van der Waals surface area (Å²) >= 11 is 0. The number of nitrogens with one attached hydrogen (secondary N) is 2. The van der Waals surface area contributed by atoms with Gasteiger partial charge in [0.25, 0.3) is 5.69 Å². The Balaban J connectivity index is 1.77. The molecule has 1 heterocycles. The molecule has 9 heteroatoms. The molecule has 1 fully saturated rings. The second-order valence-corrected chi connectivity index (χ2v) is 7.56. The van der Waals surface area contributed by atoms with Crippen LogP contribution in [0, 0.1) is 16.0 Å². The molecular weight excluding hydrogens is 352 g/mol. The van der Waals surface area contributed by atoms with Crippen LogP contribution in [0.3, 0.4) is 0 Å². The van der Waals surface area contributed by atoms with Gasteiger partial charge in [0.2, 0.25) is 5.91 Å². The minimum atomic E-state index is -0.528. The Labute approximate surface area is 158 Å². The van der Waals surface area contributed by atoms with Gasteiger partial charge in [-0.15, -0.1) is 0 Å². The number of nitrogens with zero attached hydrogens (tertiary/aromatic N) is 2. The highest BCUT2D eigenvalue weighted by atomic mass is 16.6. The van der Waals surface area contributed by atoms with E-state index in [1.165, 1.54) is 12.1 Å². The fourth-order valence-corrected chi connectivity index (χ4v) is 2.83. The lowest BCUT2D eigenvalue weighted by Gasteiger charge is -2.33. The molecule has 2 amide bonds. The molecule has 1 aromatic carbocycles. The molecule has 0 aromatic heterocycles. The van der Waals surface area contributed by atoms with Crippen LogP contribution in [0.2, 0.25) is 0 Å². The lowest BCUT2D eigenvalue weighted by atomic mass is 9.93. The summed E-state index contributed by atoms with van der Waals surface area (Å²) in [5, 5.41) is 11.0. The summed E-state index contributed by atoms with van der Waals surface area (Å²) in [6.45, 7) is 6.57.